The summed E-state index contributed by atoms with van der Waals surface area (Å²) in [6.45, 7) is 3.37. The zero-order chi connectivity index (χ0) is 14.3. The fourth-order valence-corrected chi connectivity index (χ4v) is 2.04. The van der Waals surface area contributed by atoms with Crippen LogP contribution in [0.25, 0.3) is 0 Å². The monoisotopic (exact) mass is 282 g/mol. The van der Waals surface area contributed by atoms with Crippen LogP contribution in [0.4, 0.5) is 0 Å². The van der Waals surface area contributed by atoms with E-state index in [1.54, 1.807) is 14.2 Å². The van der Waals surface area contributed by atoms with Gasteiger partial charge in [0.15, 0.2) is 5.11 Å². The van der Waals surface area contributed by atoms with Gasteiger partial charge >= 0.3 is 0 Å². The quantitative estimate of drug-likeness (QED) is 0.808. The number of nitrogens with zero attached hydrogens (tertiary/aromatic N) is 1. The Hall–Kier alpha value is -1.33. The summed E-state index contributed by atoms with van der Waals surface area (Å²) < 4.78 is 10.4. The van der Waals surface area contributed by atoms with Gasteiger partial charge in [0.25, 0.3) is 0 Å². The molecule has 19 heavy (non-hydrogen) atoms. The second kappa shape index (κ2) is 7.96. The molecule has 0 saturated carbocycles. The van der Waals surface area contributed by atoms with Crippen LogP contribution in [-0.2, 0) is 11.3 Å². The smallest absolute Gasteiger partial charge is 0.169 e. The molecular formula is C14H22N2O2S. The molecule has 1 N–H and O–H groups in total. The second-order valence-electron chi connectivity index (χ2n) is 4.47. The first-order chi connectivity index (χ1) is 9.08. The van der Waals surface area contributed by atoms with E-state index in [-0.39, 0.29) is 6.04 Å². The van der Waals surface area contributed by atoms with Gasteiger partial charge in [-0.15, -0.1) is 0 Å². The highest BCUT2D eigenvalue weighted by Gasteiger charge is 2.10. The highest BCUT2D eigenvalue weighted by molar-refractivity contribution is 7.80. The number of benzene rings is 1. The topological polar surface area (TPSA) is 33.7 Å². The number of ether oxygens (including phenoxy) is 2. The van der Waals surface area contributed by atoms with Crippen molar-refractivity contribution in [2.75, 3.05) is 27.9 Å². The van der Waals surface area contributed by atoms with Crippen molar-refractivity contribution >= 4 is 17.3 Å². The van der Waals surface area contributed by atoms with Crippen molar-refractivity contribution in [2.24, 2.45) is 0 Å². The Bertz CT molecular complexity index is 412. The van der Waals surface area contributed by atoms with Gasteiger partial charge in [-0.2, -0.15) is 0 Å². The summed E-state index contributed by atoms with van der Waals surface area (Å²) in [4.78, 5) is 1.99. The van der Waals surface area contributed by atoms with Gasteiger partial charge in [0, 0.05) is 32.3 Å². The Morgan fingerprint density at radius 3 is 2.68 bits per heavy atom. The summed E-state index contributed by atoms with van der Waals surface area (Å²) in [6, 6.07) is 8.14. The largest absolute Gasteiger partial charge is 0.496 e. The van der Waals surface area contributed by atoms with Crippen LogP contribution in [0.15, 0.2) is 24.3 Å². The molecule has 0 aliphatic heterocycles. The van der Waals surface area contributed by atoms with E-state index in [4.69, 9.17) is 21.7 Å². The van der Waals surface area contributed by atoms with Crippen molar-refractivity contribution < 1.29 is 9.47 Å². The molecule has 0 aliphatic carbocycles. The standard InChI is InChI=1S/C14H22N2O2S/c1-11(10-17-3)15-14(19)16(2)9-12-7-5-6-8-13(12)18-4/h5-8,11H,9-10H2,1-4H3,(H,15,19). The molecule has 1 aromatic rings. The lowest BCUT2D eigenvalue weighted by Crippen LogP contribution is -2.43. The molecule has 0 fully saturated rings. The third kappa shape index (κ3) is 5.04. The van der Waals surface area contributed by atoms with Crippen LogP contribution in [0.1, 0.15) is 12.5 Å². The molecule has 1 atom stereocenters. The van der Waals surface area contributed by atoms with Crippen LogP contribution < -0.4 is 10.1 Å². The number of thiocarbonyl (C=S) groups is 1. The van der Waals surface area contributed by atoms with Crippen LogP contribution in [-0.4, -0.2) is 43.9 Å². The van der Waals surface area contributed by atoms with Gasteiger partial charge in [-0.05, 0) is 25.2 Å². The zero-order valence-electron chi connectivity index (χ0n) is 12.0. The van der Waals surface area contributed by atoms with E-state index >= 15 is 0 Å². The zero-order valence-corrected chi connectivity index (χ0v) is 12.8. The molecule has 1 aromatic carbocycles. The van der Waals surface area contributed by atoms with Crippen LogP contribution in [0.3, 0.4) is 0 Å². The minimum atomic E-state index is 0.192. The van der Waals surface area contributed by atoms with Gasteiger partial charge in [-0.1, -0.05) is 18.2 Å². The Kier molecular flexibility index (Phi) is 6.59. The lowest BCUT2D eigenvalue weighted by atomic mass is 10.2. The van der Waals surface area contributed by atoms with E-state index < -0.39 is 0 Å². The summed E-state index contributed by atoms with van der Waals surface area (Å²) in [6.07, 6.45) is 0. The molecule has 0 radical (unpaired) electrons. The molecule has 1 rings (SSSR count). The fourth-order valence-electron chi connectivity index (χ4n) is 1.77. The maximum atomic E-state index is 5.36. The van der Waals surface area contributed by atoms with Gasteiger partial charge in [-0.25, -0.2) is 0 Å². The molecule has 1 unspecified atom stereocenters. The summed E-state index contributed by atoms with van der Waals surface area (Å²) in [7, 11) is 5.32. The van der Waals surface area contributed by atoms with E-state index in [9.17, 15) is 0 Å². The molecule has 0 heterocycles. The SMILES string of the molecule is COCC(C)NC(=S)N(C)Cc1ccccc1OC. The summed E-state index contributed by atoms with van der Waals surface area (Å²) >= 11 is 5.36. The van der Waals surface area contributed by atoms with E-state index in [0.29, 0.717) is 18.3 Å². The number of rotatable bonds is 6. The van der Waals surface area contributed by atoms with Gasteiger partial charge < -0.3 is 19.7 Å². The minimum Gasteiger partial charge on any atom is -0.496 e. The predicted octanol–water partition coefficient (Wildman–Crippen LogP) is 2.04. The fraction of sp³-hybridized carbons (Fsp3) is 0.500. The number of methoxy groups -OCH3 is 2. The van der Waals surface area contributed by atoms with Crippen LogP contribution in [0.5, 0.6) is 5.75 Å². The lowest BCUT2D eigenvalue weighted by Gasteiger charge is -2.24. The van der Waals surface area contributed by atoms with Crippen molar-refractivity contribution in [3.8, 4) is 5.75 Å². The van der Waals surface area contributed by atoms with Crippen molar-refractivity contribution in [1.82, 2.24) is 10.2 Å². The maximum Gasteiger partial charge on any atom is 0.169 e. The molecule has 0 saturated heterocycles. The van der Waals surface area contributed by atoms with Gasteiger partial charge in [0.05, 0.1) is 13.7 Å². The van der Waals surface area contributed by atoms with E-state index in [2.05, 4.69) is 5.32 Å². The normalized spacial score (nSPS) is 11.8. The predicted molar refractivity (Wildman–Crippen MR) is 81.5 cm³/mol. The molecule has 106 valence electrons. The van der Waals surface area contributed by atoms with Crippen molar-refractivity contribution in [2.45, 2.75) is 19.5 Å². The van der Waals surface area contributed by atoms with Crippen LogP contribution >= 0.6 is 12.2 Å². The second-order valence-corrected chi connectivity index (χ2v) is 4.86. The molecular weight excluding hydrogens is 260 g/mol. The third-order valence-electron chi connectivity index (χ3n) is 2.73. The maximum absolute atomic E-state index is 5.36. The van der Waals surface area contributed by atoms with Gasteiger partial charge in [-0.3, -0.25) is 0 Å². The molecule has 0 amide bonds. The lowest BCUT2D eigenvalue weighted by molar-refractivity contribution is 0.178. The first-order valence-electron chi connectivity index (χ1n) is 6.21. The van der Waals surface area contributed by atoms with Crippen molar-refractivity contribution in [1.29, 1.82) is 0 Å². The summed E-state index contributed by atoms with van der Waals surface area (Å²) in [5, 5.41) is 3.93. The first kappa shape index (κ1) is 15.7. The highest BCUT2D eigenvalue weighted by atomic mass is 32.1. The summed E-state index contributed by atoms with van der Waals surface area (Å²) in [5.74, 6) is 0.877. The van der Waals surface area contributed by atoms with Crippen molar-refractivity contribution in [3.05, 3.63) is 29.8 Å². The molecule has 0 aromatic heterocycles. The molecule has 0 spiro atoms. The molecule has 0 bridgehead atoms. The highest BCUT2D eigenvalue weighted by Crippen LogP contribution is 2.18. The average Bonchev–Trinajstić information content (AvgIpc) is 2.39. The third-order valence-corrected chi connectivity index (χ3v) is 3.16. The number of nitrogens with one attached hydrogen (secondary N) is 1. The Morgan fingerprint density at radius 2 is 2.05 bits per heavy atom. The molecule has 0 aliphatic rings. The minimum absolute atomic E-state index is 0.192. The van der Waals surface area contributed by atoms with Gasteiger partial charge in [0.2, 0.25) is 0 Å². The van der Waals surface area contributed by atoms with Crippen LogP contribution in [0, 0.1) is 0 Å². The molecule has 5 heteroatoms. The summed E-state index contributed by atoms with van der Waals surface area (Å²) in [5.41, 5.74) is 1.11. The Balaban J connectivity index is 2.58. The van der Waals surface area contributed by atoms with E-state index in [1.165, 1.54) is 0 Å². The van der Waals surface area contributed by atoms with Gasteiger partial charge in [0.1, 0.15) is 5.75 Å². The van der Waals surface area contributed by atoms with Crippen LogP contribution in [0.2, 0.25) is 0 Å². The van der Waals surface area contributed by atoms with Crippen molar-refractivity contribution in [3.63, 3.8) is 0 Å². The first-order valence-corrected chi connectivity index (χ1v) is 6.61. The van der Waals surface area contributed by atoms with E-state index in [1.807, 2.05) is 43.1 Å². The molecule has 4 nitrogen and oxygen atoms in total. The number of para-hydroxylation sites is 1. The number of hydrogen-bond donors (Lipinski definition) is 1. The average molecular weight is 282 g/mol. The Morgan fingerprint density at radius 1 is 1.37 bits per heavy atom. The van der Waals surface area contributed by atoms with E-state index in [0.717, 1.165) is 11.3 Å². The number of hydrogen-bond acceptors (Lipinski definition) is 3. The Labute approximate surface area is 120 Å².